The summed E-state index contributed by atoms with van der Waals surface area (Å²) in [7, 11) is -3.34. The average Bonchev–Trinajstić information content (AvgIpc) is 2.55. The van der Waals surface area contributed by atoms with Gasteiger partial charge in [0.05, 0.1) is 10.6 Å². The van der Waals surface area contributed by atoms with E-state index < -0.39 is 33.3 Å². The van der Waals surface area contributed by atoms with Crippen LogP contribution in [0, 0.1) is 11.7 Å². The summed E-state index contributed by atoms with van der Waals surface area (Å²) in [6.07, 6.45) is 1.11. The van der Waals surface area contributed by atoms with Gasteiger partial charge in [-0.05, 0) is 43.2 Å². The molecule has 1 unspecified atom stereocenters. The van der Waals surface area contributed by atoms with Crippen LogP contribution in [0.1, 0.15) is 12.5 Å². The van der Waals surface area contributed by atoms with Gasteiger partial charge in [-0.15, -0.1) is 0 Å². The standard InChI is InChI=1S/C18H18FNO5S/c1-11(21)15(9-12-3-6-14(7-4-12)26(2,24)25)18(23)20-17-10-13(22)5-8-16(17)19/h3-8,10,15,22H,9H2,1-2H3,(H,20,23). The number of phenolic OH excluding ortho intramolecular Hbond substituents is 1. The molecule has 2 rings (SSSR count). The van der Waals surface area contributed by atoms with Gasteiger partial charge in [-0.1, -0.05) is 12.1 Å². The first kappa shape index (κ1) is 19.6. The van der Waals surface area contributed by atoms with Gasteiger partial charge >= 0.3 is 0 Å². The predicted molar refractivity (Wildman–Crippen MR) is 94.1 cm³/mol. The molecule has 2 N–H and O–H groups in total. The number of nitrogens with one attached hydrogen (secondary N) is 1. The van der Waals surface area contributed by atoms with Gasteiger partial charge in [0.2, 0.25) is 5.91 Å². The predicted octanol–water partition coefficient (Wildman–Crippen LogP) is 2.32. The third kappa shape index (κ3) is 4.89. The smallest absolute Gasteiger partial charge is 0.235 e. The molecule has 0 aliphatic rings. The average molecular weight is 379 g/mol. The minimum atomic E-state index is -3.34. The van der Waals surface area contributed by atoms with E-state index in [4.69, 9.17) is 0 Å². The summed E-state index contributed by atoms with van der Waals surface area (Å²) in [6, 6.07) is 9.02. The van der Waals surface area contributed by atoms with E-state index in [0.717, 1.165) is 24.5 Å². The van der Waals surface area contributed by atoms with E-state index in [-0.39, 0.29) is 22.8 Å². The van der Waals surface area contributed by atoms with Crippen molar-refractivity contribution < 1.29 is 27.5 Å². The first-order chi connectivity index (χ1) is 12.1. The Balaban J connectivity index is 2.19. The normalized spacial score (nSPS) is 12.4. The molecule has 0 aromatic heterocycles. The monoisotopic (exact) mass is 379 g/mol. The van der Waals surface area contributed by atoms with E-state index in [2.05, 4.69) is 5.32 Å². The maximum absolute atomic E-state index is 13.7. The second-order valence-corrected chi connectivity index (χ2v) is 7.95. The number of Topliss-reactive ketones (excluding diaryl/α,β-unsaturated/α-hetero) is 1. The second kappa shape index (κ2) is 7.65. The summed E-state index contributed by atoms with van der Waals surface area (Å²) in [6.45, 7) is 1.24. The summed E-state index contributed by atoms with van der Waals surface area (Å²) in [4.78, 5) is 24.4. The number of ketones is 1. The minimum absolute atomic E-state index is 0.0334. The lowest BCUT2D eigenvalue weighted by Gasteiger charge is -2.15. The Morgan fingerprint density at radius 1 is 1.15 bits per heavy atom. The molecule has 1 amide bonds. The molecule has 0 bridgehead atoms. The van der Waals surface area contributed by atoms with Crippen LogP contribution in [0.25, 0.3) is 0 Å². The number of rotatable bonds is 6. The highest BCUT2D eigenvalue weighted by Crippen LogP contribution is 2.22. The van der Waals surface area contributed by atoms with Crippen LogP contribution in [0.5, 0.6) is 5.75 Å². The molecule has 8 heteroatoms. The van der Waals surface area contributed by atoms with Gasteiger partial charge in [-0.3, -0.25) is 9.59 Å². The zero-order valence-corrected chi connectivity index (χ0v) is 15.0. The number of hydrogen-bond acceptors (Lipinski definition) is 5. The van der Waals surface area contributed by atoms with Crippen LogP contribution in [0.15, 0.2) is 47.4 Å². The molecule has 0 fully saturated rings. The Hall–Kier alpha value is -2.74. The van der Waals surface area contributed by atoms with Crippen molar-refractivity contribution in [2.75, 3.05) is 11.6 Å². The number of carbonyl (C=O) groups excluding carboxylic acids is 2. The minimum Gasteiger partial charge on any atom is -0.508 e. The lowest BCUT2D eigenvalue weighted by atomic mass is 9.95. The Kier molecular flexibility index (Phi) is 5.76. The Bertz CT molecular complexity index is 939. The second-order valence-electron chi connectivity index (χ2n) is 5.94. The van der Waals surface area contributed by atoms with Crippen LogP contribution in [0.4, 0.5) is 10.1 Å². The molecule has 2 aromatic rings. The van der Waals surface area contributed by atoms with Crippen LogP contribution in [0.2, 0.25) is 0 Å². The van der Waals surface area contributed by atoms with Gasteiger partial charge in [0.25, 0.3) is 0 Å². The number of phenols is 1. The number of carbonyl (C=O) groups is 2. The quantitative estimate of drug-likeness (QED) is 0.750. The SMILES string of the molecule is CC(=O)C(Cc1ccc(S(C)(=O)=O)cc1)C(=O)Nc1cc(O)ccc1F. The molecule has 6 nitrogen and oxygen atoms in total. The molecule has 0 spiro atoms. The van der Waals surface area contributed by atoms with Gasteiger partial charge < -0.3 is 10.4 Å². The Morgan fingerprint density at radius 3 is 2.31 bits per heavy atom. The zero-order chi connectivity index (χ0) is 19.5. The van der Waals surface area contributed by atoms with Crippen molar-refractivity contribution in [3.63, 3.8) is 0 Å². The topological polar surface area (TPSA) is 101 Å². The molecular formula is C18H18FNO5S. The van der Waals surface area contributed by atoms with Crippen LogP contribution >= 0.6 is 0 Å². The van der Waals surface area contributed by atoms with Crippen molar-refractivity contribution in [3.8, 4) is 5.75 Å². The fraction of sp³-hybridized carbons (Fsp3) is 0.222. The van der Waals surface area contributed by atoms with E-state index in [9.17, 15) is 27.5 Å². The van der Waals surface area contributed by atoms with E-state index >= 15 is 0 Å². The van der Waals surface area contributed by atoms with Gasteiger partial charge in [0.15, 0.2) is 9.84 Å². The third-order valence-electron chi connectivity index (χ3n) is 3.81. The molecule has 0 saturated carbocycles. The molecular weight excluding hydrogens is 361 g/mol. The van der Waals surface area contributed by atoms with Crippen molar-refractivity contribution in [2.45, 2.75) is 18.2 Å². The highest BCUT2D eigenvalue weighted by atomic mass is 32.2. The van der Waals surface area contributed by atoms with Crippen molar-refractivity contribution in [3.05, 3.63) is 53.8 Å². The van der Waals surface area contributed by atoms with Crippen molar-refractivity contribution in [1.82, 2.24) is 0 Å². The largest absolute Gasteiger partial charge is 0.508 e. The first-order valence-electron chi connectivity index (χ1n) is 7.67. The van der Waals surface area contributed by atoms with E-state index in [1.165, 1.54) is 31.2 Å². The maximum atomic E-state index is 13.7. The maximum Gasteiger partial charge on any atom is 0.235 e. The third-order valence-corrected chi connectivity index (χ3v) is 4.93. The van der Waals surface area contributed by atoms with Crippen LogP contribution in [-0.2, 0) is 25.8 Å². The highest BCUT2D eigenvalue weighted by Gasteiger charge is 2.25. The van der Waals surface area contributed by atoms with Crippen LogP contribution < -0.4 is 5.32 Å². The molecule has 0 aliphatic heterocycles. The number of benzene rings is 2. The van der Waals surface area contributed by atoms with Crippen molar-refractivity contribution >= 4 is 27.2 Å². The molecule has 0 aliphatic carbocycles. The zero-order valence-electron chi connectivity index (χ0n) is 14.2. The fourth-order valence-corrected chi connectivity index (χ4v) is 2.99. The van der Waals surface area contributed by atoms with Gasteiger partial charge in [-0.2, -0.15) is 0 Å². The molecule has 0 radical (unpaired) electrons. The number of sulfone groups is 1. The summed E-state index contributed by atoms with van der Waals surface area (Å²) in [5.41, 5.74) is 0.359. The Morgan fingerprint density at radius 2 is 1.77 bits per heavy atom. The van der Waals surface area contributed by atoms with Crippen LogP contribution in [-0.4, -0.2) is 31.5 Å². The van der Waals surface area contributed by atoms with Crippen LogP contribution in [0.3, 0.4) is 0 Å². The molecule has 26 heavy (non-hydrogen) atoms. The lowest BCUT2D eigenvalue weighted by molar-refractivity contribution is -0.129. The van der Waals surface area contributed by atoms with Gasteiger partial charge in [-0.25, -0.2) is 12.8 Å². The molecule has 0 saturated heterocycles. The van der Waals surface area contributed by atoms with E-state index in [0.29, 0.717) is 5.56 Å². The van der Waals surface area contributed by atoms with E-state index in [1.807, 2.05) is 0 Å². The molecule has 2 aromatic carbocycles. The number of aromatic hydroxyl groups is 1. The number of amides is 1. The first-order valence-corrected chi connectivity index (χ1v) is 9.56. The highest BCUT2D eigenvalue weighted by molar-refractivity contribution is 7.90. The van der Waals surface area contributed by atoms with Crippen molar-refractivity contribution in [2.24, 2.45) is 5.92 Å². The summed E-state index contributed by atoms with van der Waals surface area (Å²) >= 11 is 0. The molecule has 0 heterocycles. The fourth-order valence-electron chi connectivity index (χ4n) is 2.36. The van der Waals surface area contributed by atoms with Gasteiger partial charge in [0, 0.05) is 12.3 Å². The summed E-state index contributed by atoms with van der Waals surface area (Å²) in [5, 5.41) is 11.7. The van der Waals surface area contributed by atoms with E-state index in [1.54, 1.807) is 0 Å². The number of anilines is 1. The molecule has 1 atom stereocenters. The number of hydrogen-bond donors (Lipinski definition) is 2. The molecule has 138 valence electrons. The number of halogens is 1. The van der Waals surface area contributed by atoms with Gasteiger partial charge in [0.1, 0.15) is 23.3 Å². The summed E-state index contributed by atoms with van der Waals surface area (Å²) < 4.78 is 36.7. The lowest BCUT2D eigenvalue weighted by Crippen LogP contribution is -2.30. The van der Waals surface area contributed by atoms with Crippen molar-refractivity contribution in [1.29, 1.82) is 0 Å². The Labute approximate surface area is 150 Å². The summed E-state index contributed by atoms with van der Waals surface area (Å²) in [5.74, 6) is -3.18.